The fourth-order valence-corrected chi connectivity index (χ4v) is 4.20. The van der Waals surface area contributed by atoms with Crippen LogP contribution in [0.3, 0.4) is 0 Å². The quantitative estimate of drug-likeness (QED) is 0.873. The second-order valence-electron chi connectivity index (χ2n) is 5.98. The zero-order valence-corrected chi connectivity index (χ0v) is 14.0. The second-order valence-corrected chi connectivity index (χ2v) is 8.14. The lowest BCUT2D eigenvalue weighted by molar-refractivity contribution is -0.121. The first-order valence-electron chi connectivity index (χ1n) is 7.79. The van der Waals surface area contributed by atoms with Crippen LogP contribution in [0.4, 0.5) is 0 Å². The molecule has 24 heavy (non-hydrogen) atoms. The number of hydrogen-bond donors (Lipinski definition) is 1. The van der Waals surface area contributed by atoms with Crippen LogP contribution in [0.2, 0.25) is 0 Å². The number of hydrogen-bond acceptors (Lipinski definition) is 4. The summed E-state index contributed by atoms with van der Waals surface area (Å²) in [5, 5.41) is 2.82. The Morgan fingerprint density at radius 1 is 1.00 bits per heavy atom. The van der Waals surface area contributed by atoms with Crippen molar-refractivity contribution in [1.82, 2.24) is 5.32 Å². The van der Waals surface area contributed by atoms with Crippen molar-refractivity contribution in [3.05, 3.63) is 60.2 Å². The Labute approximate surface area is 141 Å². The number of benzene rings is 2. The van der Waals surface area contributed by atoms with Gasteiger partial charge in [-0.05, 0) is 35.7 Å². The van der Waals surface area contributed by atoms with Crippen molar-refractivity contribution in [2.75, 3.05) is 11.5 Å². The van der Waals surface area contributed by atoms with Gasteiger partial charge >= 0.3 is 0 Å². The van der Waals surface area contributed by atoms with Crippen LogP contribution in [-0.4, -0.2) is 25.8 Å². The third kappa shape index (κ3) is 4.58. The Balaban J connectivity index is 1.45. The molecule has 2 aromatic carbocycles. The molecule has 0 atom stereocenters. The van der Waals surface area contributed by atoms with Crippen molar-refractivity contribution in [3.63, 3.8) is 0 Å². The molecule has 1 N–H and O–H groups in total. The zero-order chi connectivity index (χ0) is 17.0. The lowest BCUT2D eigenvalue weighted by Gasteiger charge is -2.24. The average molecular weight is 345 g/mol. The monoisotopic (exact) mass is 345 g/mol. The van der Waals surface area contributed by atoms with Gasteiger partial charge in [0.2, 0.25) is 5.91 Å². The van der Waals surface area contributed by atoms with Gasteiger partial charge in [-0.1, -0.05) is 30.3 Å². The van der Waals surface area contributed by atoms with E-state index in [0.29, 0.717) is 6.54 Å². The molecular formula is C18H19NO4S. The van der Waals surface area contributed by atoms with Crippen LogP contribution in [0.5, 0.6) is 11.5 Å². The maximum atomic E-state index is 11.8. The van der Waals surface area contributed by atoms with Crippen molar-refractivity contribution in [2.24, 2.45) is 5.92 Å². The molecule has 0 aromatic heterocycles. The Bertz CT molecular complexity index is 789. The Kier molecular flexibility index (Phi) is 4.85. The first-order valence-corrected chi connectivity index (χ1v) is 9.61. The van der Waals surface area contributed by atoms with Crippen molar-refractivity contribution >= 4 is 15.7 Å². The molecule has 1 aliphatic rings. The second kappa shape index (κ2) is 7.05. The van der Waals surface area contributed by atoms with Crippen molar-refractivity contribution in [1.29, 1.82) is 0 Å². The van der Waals surface area contributed by atoms with Crippen LogP contribution in [0.15, 0.2) is 54.6 Å². The molecule has 126 valence electrons. The van der Waals surface area contributed by atoms with Gasteiger partial charge in [-0.25, -0.2) is 8.42 Å². The van der Waals surface area contributed by atoms with Crippen LogP contribution < -0.4 is 10.1 Å². The summed E-state index contributed by atoms with van der Waals surface area (Å²) in [7, 11) is -2.87. The summed E-state index contributed by atoms with van der Waals surface area (Å²) in [5.74, 6) is 1.62. The van der Waals surface area contributed by atoms with E-state index in [-0.39, 0.29) is 29.8 Å². The van der Waals surface area contributed by atoms with E-state index >= 15 is 0 Å². The molecule has 0 spiro atoms. The molecule has 6 heteroatoms. The summed E-state index contributed by atoms with van der Waals surface area (Å²) in [6.07, 6.45) is 0.272. The molecule has 0 radical (unpaired) electrons. The smallest absolute Gasteiger partial charge is 0.220 e. The first-order chi connectivity index (χ1) is 11.5. The van der Waals surface area contributed by atoms with Gasteiger partial charge < -0.3 is 10.1 Å². The fourth-order valence-electron chi connectivity index (χ4n) is 2.62. The predicted octanol–water partition coefficient (Wildman–Crippen LogP) is 2.53. The predicted molar refractivity (Wildman–Crippen MR) is 91.6 cm³/mol. The van der Waals surface area contributed by atoms with E-state index in [4.69, 9.17) is 4.74 Å². The highest BCUT2D eigenvalue weighted by atomic mass is 32.2. The number of amides is 1. The van der Waals surface area contributed by atoms with E-state index in [9.17, 15) is 13.2 Å². The normalized spacial score (nSPS) is 16.2. The third-order valence-corrected chi connectivity index (χ3v) is 5.80. The van der Waals surface area contributed by atoms with Gasteiger partial charge in [0.25, 0.3) is 0 Å². The molecule has 0 bridgehead atoms. The minimum absolute atomic E-state index is 0.0309. The lowest BCUT2D eigenvalue weighted by atomic mass is 10.1. The topological polar surface area (TPSA) is 72.5 Å². The summed E-state index contributed by atoms with van der Waals surface area (Å²) in [6, 6.07) is 17.0. The summed E-state index contributed by atoms with van der Waals surface area (Å²) >= 11 is 0. The highest BCUT2D eigenvalue weighted by molar-refractivity contribution is 7.92. The maximum absolute atomic E-state index is 11.8. The molecule has 1 aliphatic heterocycles. The van der Waals surface area contributed by atoms with E-state index < -0.39 is 9.84 Å². The Morgan fingerprint density at radius 2 is 1.62 bits per heavy atom. The Morgan fingerprint density at radius 3 is 2.25 bits per heavy atom. The molecule has 1 heterocycles. The van der Waals surface area contributed by atoms with Crippen LogP contribution >= 0.6 is 0 Å². The highest BCUT2D eigenvalue weighted by Crippen LogP contribution is 2.22. The van der Waals surface area contributed by atoms with E-state index in [2.05, 4.69) is 5.32 Å². The minimum Gasteiger partial charge on any atom is -0.457 e. The summed E-state index contributed by atoms with van der Waals surface area (Å²) in [6.45, 7) is 0.421. The number of ether oxygens (including phenoxy) is 1. The van der Waals surface area contributed by atoms with Gasteiger partial charge in [0, 0.05) is 13.0 Å². The molecule has 3 rings (SSSR count). The third-order valence-electron chi connectivity index (χ3n) is 3.85. The SMILES string of the molecule is O=C(CC1CS(=O)(=O)C1)NCc1ccc(Oc2ccccc2)cc1. The van der Waals surface area contributed by atoms with Crippen molar-refractivity contribution in [2.45, 2.75) is 13.0 Å². The molecule has 0 aliphatic carbocycles. The Hall–Kier alpha value is -2.34. The van der Waals surface area contributed by atoms with Crippen molar-refractivity contribution < 1.29 is 17.9 Å². The molecule has 1 saturated heterocycles. The summed E-state index contributed by atoms with van der Waals surface area (Å²) < 4.78 is 27.9. The van der Waals surface area contributed by atoms with E-state index in [0.717, 1.165) is 17.1 Å². The molecule has 2 aromatic rings. The number of sulfone groups is 1. The standard InChI is InChI=1S/C18H19NO4S/c20-18(10-15-12-24(21,22)13-15)19-11-14-6-8-17(9-7-14)23-16-4-2-1-3-5-16/h1-9,15H,10-13H2,(H,19,20). The fraction of sp³-hybridized carbons (Fsp3) is 0.278. The zero-order valence-electron chi connectivity index (χ0n) is 13.1. The van der Waals surface area contributed by atoms with Gasteiger partial charge in [0.1, 0.15) is 11.5 Å². The minimum atomic E-state index is -2.87. The average Bonchev–Trinajstić information content (AvgIpc) is 2.53. The summed E-state index contributed by atoms with van der Waals surface area (Å²) in [5.41, 5.74) is 0.963. The van der Waals surface area contributed by atoms with E-state index in [1.54, 1.807) is 0 Å². The number of nitrogens with one attached hydrogen (secondary N) is 1. The molecule has 5 nitrogen and oxygen atoms in total. The largest absolute Gasteiger partial charge is 0.457 e. The molecule has 1 fully saturated rings. The van der Waals surface area contributed by atoms with E-state index in [1.165, 1.54) is 0 Å². The van der Waals surface area contributed by atoms with Gasteiger partial charge in [-0.2, -0.15) is 0 Å². The molecule has 0 saturated carbocycles. The van der Waals surface area contributed by atoms with Crippen LogP contribution in [0, 0.1) is 5.92 Å². The highest BCUT2D eigenvalue weighted by Gasteiger charge is 2.34. The van der Waals surface area contributed by atoms with Crippen LogP contribution in [-0.2, 0) is 21.2 Å². The number of para-hydroxylation sites is 1. The number of carbonyl (C=O) groups excluding carboxylic acids is 1. The summed E-state index contributed by atoms with van der Waals surface area (Å²) in [4.78, 5) is 11.8. The maximum Gasteiger partial charge on any atom is 0.220 e. The molecule has 1 amide bonds. The van der Waals surface area contributed by atoms with Crippen LogP contribution in [0.25, 0.3) is 0 Å². The molecular weight excluding hydrogens is 326 g/mol. The van der Waals surface area contributed by atoms with Gasteiger partial charge in [-0.3, -0.25) is 4.79 Å². The molecule has 0 unspecified atom stereocenters. The first kappa shape index (κ1) is 16.5. The van der Waals surface area contributed by atoms with E-state index in [1.807, 2.05) is 54.6 Å². The number of rotatable bonds is 6. The van der Waals surface area contributed by atoms with Gasteiger partial charge in [0.15, 0.2) is 9.84 Å². The van der Waals surface area contributed by atoms with Gasteiger partial charge in [0.05, 0.1) is 11.5 Å². The number of carbonyl (C=O) groups is 1. The van der Waals surface area contributed by atoms with Crippen molar-refractivity contribution in [3.8, 4) is 11.5 Å². The van der Waals surface area contributed by atoms with Gasteiger partial charge in [-0.15, -0.1) is 0 Å². The van der Waals surface area contributed by atoms with Crippen LogP contribution in [0.1, 0.15) is 12.0 Å². The lowest BCUT2D eigenvalue weighted by Crippen LogP contribution is -2.39.